The lowest BCUT2D eigenvalue weighted by atomic mass is 10.2. The summed E-state index contributed by atoms with van der Waals surface area (Å²) < 4.78 is 23.8. The normalized spacial score (nSPS) is 11.0. The van der Waals surface area contributed by atoms with Gasteiger partial charge in [0.25, 0.3) is 0 Å². The summed E-state index contributed by atoms with van der Waals surface area (Å²) in [6.07, 6.45) is 0. The Bertz CT molecular complexity index is 877. The summed E-state index contributed by atoms with van der Waals surface area (Å²) in [5, 5.41) is 13.0. The minimum atomic E-state index is -3.48. The first-order chi connectivity index (χ1) is 10.9. The molecule has 1 N–H and O–H groups in total. The van der Waals surface area contributed by atoms with Crippen LogP contribution in [0.3, 0.4) is 0 Å². The fourth-order valence-electron chi connectivity index (χ4n) is 1.87. The number of nitrogens with zero attached hydrogens (tertiary/aromatic N) is 2. The maximum Gasteiger partial charge on any atom is 0.180 e. The average Bonchev–Trinajstić information content (AvgIpc) is 2.55. The van der Waals surface area contributed by atoms with Crippen molar-refractivity contribution in [1.29, 1.82) is 5.26 Å². The SMILES string of the molecule is CCS(=O)(=O)c1ccc(NCc2ccc(Cl)c(Cl)c2)nc1C#N. The molecule has 0 spiro atoms. The molecule has 1 aromatic heterocycles. The van der Waals surface area contributed by atoms with Gasteiger partial charge in [-0.15, -0.1) is 0 Å². The van der Waals surface area contributed by atoms with Gasteiger partial charge in [-0.1, -0.05) is 36.2 Å². The molecule has 0 aliphatic heterocycles. The van der Waals surface area contributed by atoms with Crippen LogP contribution in [-0.2, 0) is 16.4 Å². The van der Waals surface area contributed by atoms with Gasteiger partial charge in [0.15, 0.2) is 15.5 Å². The van der Waals surface area contributed by atoms with Crippen molar-refractivity contribution in [2.24, 2.45) is 0 Å². The Balaban J connectivity index is 2.22. The van der Waals surface area contributed by atoms with Crippen LogP contribution in [0.5, 0.6) is 0 Å². The standard InChI is InChI=1S/C15H13Cl2N3O2S/c1-2-23(21,22)14-5-6-15(20-13(14)8-18)19-9-10-3-4-11(16)12(17)7-10/h3-7H,2,9H2,1H3,(H,19,20). The monoisotopic (exact) mass is 369 g/mol. The molecule has 0 saturated heterocycles. The van der Waals surface area contributed by atoms with Crippen molar-refractivity contribution in [2.45, 2.75) is 18.4 Å². The number of hydrogen-bond acceptors (Lipinski definition) is 5. The van der Waals surface area contributed by atoms with Crippen molar-refractivity contribution in [3.8, 4) is 6.07 Å². The Hall–Kier alpha value is -1.81. The topological polar surface area (TPSA) is 82.8 Å². The largest absolute Gasteiger partial charge is 0.366 e. The molecule has 0 atom stereocenters. The van der Waals surface area contributed by atoms with Crippen molar-refractivity contribution in [1.82, 2.24) is 4.98 Å². The third kappa shape index (κ3) is 4.14. The molecule has 0 aliphatic rings. The first-order valence-electron chi connectivity index (χ1n) is 6.69. The number of benzene rings is 1. The Morgan fingerprint density at radius 1 is 1.22 bits per heavy atom. The fraction of sp³-hybridized carbons (Fsp3) is 0.200. The zero-order chi connectivity index (χ0) is 17.0. The van der Waals surface area contributed by atoms with Crippen LogP contribution < -0.4 is 5.32 Å². The van der Waals surface area contributed by atoms with Crippen molar-refractivity contribution >= 4 is 38.9 Å². The Morgan fingerprint density at radius 3 is 2.57 bits per heavy atom. The van der Waals surface area contributed by atoms with Gasteiger partial charge in [-0.05, 0) is 29.8 Å². The maximum absolute atomic E-state index is 11.9. The maximum atomic E-state index is 11.9. The Labute approximate surface area is 144 Å². The molecule has 2 rings (SSSR count). The second-order valence-corrected chi connectivity index (χ2v) is 7.72. The van der Waals surface area contributed by atoms with Crippen LogP contribution in [-0.4, -0.2) is 19.2 Å². The van der Waals surface area contributed by atoms with Gasteiger partial charge in [0.1, 0.15) is 16.8 Å². The van der Waals surface area contributed by atoms with Gasteiger partial charge in [0.05, 0.1) is 15.8 Å². The van der Waals surface area contributed by atoms with Crippen LogP contribution in [0.1, 0.15) is 18.2 Å². The molecule has 5 nitrogen and oxygen atoms in total. The van der Waals surface area contributed by atoms with E-state index in [4.69, 9.17) is 28.5 Å². The van der Waals surface area contributed by atoms with E-state index in [1.54, 1.807) is 12.1 Å². The first-order valence-corrected chi connectivity index (χ1v) is 9.10. The minimum Gasteiger partial charge on any atom is -0.366 e. The summed E-state index contributed by atoms with van der Waals surface area (Å²) in [5.41, 5.74) is 0.760. The molecule has 23 heavy (non-hydrogen) atoms. The molecule has 120 valence electrons. The molecular formula is C15H13Cl2N3O2S. The molecule has 0 radical (unpaired) electrons. The van der Waals surface area contributed by atoms with Gasteiger partial charge in [-0.25, -0.2) is 13.4 Å². The molecule has 0 unspecified atom stereocenters. The van der Waals surface area contributed by atoms with Gasteiger partial charge >= 0.3 is 0 Å². The van der Waals surface area contributed by atoms with Gasteiger partial charge in [0.2, 0.25) is 0 Å². The molecule has 0 aliphatic carbocycles. The third-order valence-electron chi connectivity index (χ3n) is 3.14. The second-order valence-electron chi connectivity index (χ2n) is 4.66. The molecule has 1 heterocycles. The smallest absolute Gasteiger partial charge is 0.180 e. The first kappa shape index (κ1) is 17.5. The number of aromatic nitrogens is 1. The van der Waals surface area contributed by atoms with Crippen LogP contribution in [0.4, 0.5) is 5.82 Å². The molecule has 0 saturated carbocycles. The fourth-order valence-corrected chi connectivity index (χ4v) is 3.17. The van der Waals surface area contributed by atoms with Crippen LogP contribution in [0.2, 0.25) is 10.0 Å². The molecule has 0 bridgehead atoms. The van der Waals surface area contributed by atoms with Gasteiger partial charge < -0.3 is 5.32 Å². The number of anilines is 1. The second kappa shape index (κ2) is 7.18. The highest BCUT2D eigenvalue weighted by Crippen LogP contribution is 2.23. The van der Waals surface area contributed by atoms with Gasteiger partial charge in [-0.3, -0.25) is 0 Å². The van der Waals surface area contributed by atoms with Crippen molar-refractivity contribution < 1.29 is 8.42 Å². The van der Waals surface area contributed by atoms with Crippen LogP contribution >= 0.6 is 23.2 Å². The predicted octanol–water partition coefficient (Wildman–Crippen LogP) is 3.67. The highest BCUT2D eigenvalue weighted by molar-refractivity contribution is 7.91. The van der Waals surface area contributed by atoms with E-state index < -0.39 is 9.84 Å². The summed E-state index contributed by atoms with van der Waals surface area (Å²) in [6.45, 7) is 1.93. The number of nitriles is 1. The van der Waals surface area contributed by atoms with Crippen molar-refractivity contribution in [3.63, 3.8) is 0 Å². The summed E-state index contributed by atoms with van der Waals surface area (Å²) >= 11 is 11.8. The molecule has 8 heteroatoms. The van der Waals surface area contributed by atoms with E-state index in [0.29, 0.717) is 22.4 Å². The summed E-state index contributed by atoms with van der Waals surface area (Å²) in [7, 11) is -3.48. The predicted molar refractivity (Wildman–Crippen MR) is 90.5 cm³/mol. The number of pyridine rings is 1. The van der Waals surface area contributed by atoms with Gasteiger partial charge in [0, 0.05) is 6.54 Å². The highest BCUT2D eigenvalue weighted by atomic mass is 35.5. The number of hydrogen-bond donors (Lipinski definition) is 1. The van der Waals surface area contributed by atoms with Crippen LogP contribution in [0.25, 0.3) is 0 Å². The lowest BCUT2D eigenvalue weighted by Gasteiger charge is -2.09. The third-order valence-corrected chi connectivity index (χ3v) is 5.64. The quantitative estimate of drug-likeness (QED) is 0.868. The van der Waals surface area contributed by atoms with Crippen LogP contribution in [0, 0.1) is 11.3 Å². The molecule has 2 aromatic rings. The zero-order valence-corrected chi connectivity index (χ0v) is 14.5. The lowest BCUT2D eigenvalue weighted by molar-refractivity contribution is 0.596. The van der Waals surface area contributed by atoms with Crippen molar-refractivity contribution in [2.75, 3.05) is 11.1 Å². The van der Waals surface area contributed by atoms with E-state index in [1.807, 2.05) is 12.1 Å². The number of rotatable bonds is 5. The van der Waals surface area contributed by atoms with Gasteiger partial charge in [-0.2, -0.15) is 5.26 Å². The van der Waals surface area contributed by atoms with E-state index in [0.717, 1.165) is 5.56 Å². The summed E-state index contributed by atoms with van der Waals surface area (Å²) in [5.74, 6) is 0.321. The lowest BCUT2D eigenvalue weighted by Crippen LogP contribution is -2.09. The number of nitrogens with one attached hydrogen (secondary N) is 1. The number of sulfone groups is 1. The van der Waals surface area contributed by atoms with E-state index in [9.17, 15) is 8.42 Å². The van der Waals surface area contributed by atoms with E-state index in [-0.39, 0.29) is 16.3 Å². The molecule has 0 fully saturated rings. The van der Waals surface area contributed by atoms with Crippen molar-refractivity contribution in [3.05, 3.63) is 51.6 Å². The summed E-state index contributed by atoms with van der Waals surface area (Å²) in [4.78, 5) is 4.00. The van der Waals surface area contributed by atoms with Crippen LogP contribution in [0.15, 0.2) is 35.2 Å². The average molecular weight is 370 g/mol. The minimum absolute atomic E-state index is 0.0532. The Kier molecular flexibility index (Phi) is 5.47. The Morgan fingerprint density at radius 2 is 1.96 bits per heavy atom. The van der Waals surface area contributed by atoms with E-state index in [2.05, 4.69) is 10.3 Å². The highest BCUT2D eigenvalue weighted by Gasteiger charge is 2.18. The zero-order valence-electron chi connectivity index (χ0n) is 12.2. The number of halogens is 2. The van der Waals surface area contributed by atoms with E-state index in [1.165, 1.54) is 19.1 Å². The summed E-state index contributed by atoms with van der Waals surface area (Å²) in [6, 6.07) is 9.96. The molecule has 0 amide bonds. The van der Waals surface area contributed by atoms with E-state index >= 15 is 0 Å². The molecular weight excluding hydrogens is 357 g/mol. The molecule has 1 aromatic carbocycles.